The maximum Gasteiger partial charge on any atom is 0.124 e. The van der Waals surface area contributed by atoms with E-state index in [2.05, 4.69) is 0 Å². The number of hydrogen-bond acceptors (Lipinski definition) is 2. The second kappa shape index (κ2) is 5.10. The standard InChI is InChI=1S/C13H11FO2S/c14-11-4-2-6-13(8-11)17(16)9-10-3-1-5-12(15)7-10/h1-8,15H,9H2. The van der Waals surface area contributed by atoms with E-state index in [0.717, 1.165) is 5.56 Å². The molecule has 0 spiro atoms. The normalized spacial score (nSPS) is 12.3. The molecule has 0 heterocycles. The molecule has 1 N–H and O–H groups in total. The average molecular weight is 250 g/mol. The van der Waals surface area contributed by atoms with E-state index in [1.54, 1.807) is 30.3 Å². The van der Waals surface area contributed by atoms with Gasteiger partial charge in [-0.15, -0.1) is 0 Å². The largest absolute Gasteiger partial charge is 0.508 e. The Hall–Kier alpha value is -1.68. The first-order valence-electron chi connectivity index (χ1n) is 5.07. The quantitative estimate of drug-likeness (QED) is 0.909. The zero-order valence-corrected chi connectivity index (χ0v) is 9.78. The van der Waals surface area contributed by atoms with Gasteiger partial charge in [-0.3, -0.25) is 4.21 Å². The predicted molar refractivity (Wildman–Crippen MR) is 64.6 cm³/mol. The lowest BCUT2D eigenvalue weighted by molar-refractivity contribution is 0.475. The first kappa shape index (κ1) is 11.8. The van der Waals surface area contributed by atoms with Gasteiger partial charge in [0.2, 0.25) is 0 Å². The number of rotatable bonds is 3. The highest BCUT2D eigenvalue weighted by Crippen LogP contribution is 2.16. The molecule has 0 aliphatic carbocycles. The van der Waals surface area contributed by atoms with Crippen molar-refractivity contribution in [2.45, 2.75) is 10.6 Å². The van der Waals surface area contributed by atoms with Crippen molar-refractivity contribution in [3.05, 3.63) is 59.9 Å². The third-order valence-electron chi connectivity index (χ3n) is 2.27. The van der Waals surface area contributed by atoms with Crippen molar-refractivity contribution in [1.82, 2.24) is 0 Å². The highest BCUT2D eigenvalue weighted by atomic mass is 32.2. The molecule has 2 aromatic carbocycles. The molecule has 1 unspecified atom stereocenters. The molecule has 17 heavy (non-hydrogen) atoms. The van der Waals surface area contributed by atoms with Crippen LogP contribution in [0.2, 0.25) is 0 Å². The Balaban J connectivity index is 2.17. The van der Waals surface area contributed by atoms with E-state index in [1.165, 1.54) is 18.2 Å². The lowest BCUT2D eigenvalue weighted by atomic mass is 10.2. The fourth-order valence-corrected chi connectivity index (χ4v) is 2.61. The summed E-state index contributed by atoms with van der Waals surface area (Å²) in [6.07, 6.45) is 0. The van der Waals surface area contributed by atoms with Crippen LogP contribution in [-0.2, 0) is 16.6 Å². The Labute approximate surface area is 101 Å². The zero-order valence-electron chi connectivity index (χ0n) is 8.97. The first-order valence-corrected chi connectivity index (χ1v) is 6.39. The molecule has 2 nitrogen and oxygen atoms in total. The molecule has 0 saturated heterocycles. The summed E-state index contributed by atoms with van der Waals surface area (Å²) < 4.78 is 24.9. The van der Waals surface area contributed by atoms with Gasteiger partial charge in [0.25, 0.3) is 0 Å². The molecule has 88 valence electrons. The van der Waals surface area contributed by atoms with Gasteiger partial charge in [-0.25, -0.2) is 4.39 Å². The Morgan fingerprint density at radius 3 is 2.59 bits per heavy atom. The van der Waals surface area contributed by atoms with Crippen LogP contribution in [0.5, 0.6) is 5.75 Å². The summed E-state index contributed by atoms with van der Waals surface area (Å²) in [7, 11) is -1.30. The SMILES string of the molecule is O=S(Cc1cccc(O)c1)c1cccc(F)c1. The van der Waals surface area contributed by atoms with Gasteiger partial charge in [-0.2, -0.15) is 0 Å². The maximum absolute atomic E-state index is 13.0. The third kappa shape index (κ3) is 3.14. The molecule has 0 amide bonds. The van der Waals surface area contributed by atoms with Gasteiger partial charge < -0.3 is 5.11 Å². The molecule has 0 bridgehead atoms. The average Bonchev–Trinajstić information content (AvgIpc) is 2.29. The predicted octanol–water partition coefficient (Wildman–Crippen LogP) is 2.84. The van der Waals surface area contributed by atoms with Crippen molar-refractivity contribution in [3.63, 3.8) is 0 Å². The second-order valence-corrected chi connectivity index (χ2v) is 5.07. The highest BCUT2D eigenvalue weighted by Gasteiger charge is 2.06. The van der Waals surface area contributed by atoms with Crippen LogP contribution in [0.4, 0.5) is 4.39 Å². The van der Waals surface area contributed by atoms with E-state index in [4.69, 9.17) is 0 Å². The minimum atomic E-state index is -1.30. The lowest BCUT2D eigenvalue weighted by Gasteiger charge is -2.03. The number of phenolic OH excluding ortho intramolecular Hbond substituents is 1. The number of aromatic hydroxyl groups is 1. The fourth-order valence-electron chi connectivity index (χ4n) is 1.49. The summed E-state index contributed by atoms with van der Waals surface area (Å²) in [6, 6.07) is 12.3. The Morgan fingerprint density at radius 2 is 1.88 bits per heavy atom. The second-order valence-electron chi connectivity index (χ2n) is 3.62. The topological polar surface area (TPSA) is 37.3 Å². The molecule has 2 rings (SSSR count). The van der Waals surface area contributed by atoms with Crippen molar-refractivity contribution < 1.29 is 13.7 Å². The van der Waals surface area contributed by atoms with Crippen LogP contribution in [-0.4, -0.2) is 9.32 Å². The molecule has 2 aromatic rings. The van der Waals surface area contributed by atoms with Crippen molar-refractivity contribution >= 4 is 10.8 Å². The Bertz CT molecular complexity index is 555. The lowest BCUT2D eigenvalue weighted by Crippen LogP contribution is -1.96. The number of hydrogen-bond donors (Lipinski definition) is 1. The number of phenols is 1. The smallest absolute Gasteiger partial charge is 0.124 e. The molecule has 0 aliphatic rings. The third-order valence-corrected chi connectivity index (χ3v) is 3.64. The fraction of sp³-hybridized carbons (Fsp3) is 0.0769. The van der Waals surface area contributed by atoms with E-state index >= 15 is 0 Å². The molecule has 4 heteroatoms. The van der Waals surface area contributed by atoms with E-state index in [1.807, 2.05) is 0 Å². The minimum Gasteiger partial charge on any atom is -0.508 e. The van der Waals surface area contributed by atoms with Gasteiger partial charge in [0, 0.05) is 4.90 Å². The van der Waals surface area contributed by atoms with Crippen LogP contribution in [0.3, 0.4) is 0 Å². The Morgan fingerprint density at radius 1 is 1.12 bits per heavy atom. The zero-order chi connectivity index (χ0) is 12.3. The number of halogens is 1. The van der Waals surface area contributed by atoms with Crippen molar-refractivity contribution in [1.29, 1.82) is 0 Å². The van der Waals surface area contributed by atoms with Gasteiger partial charge in [-0.1, -0.05) is 18.2 Å². The first-order chi connectivity index (χ1) is 8.15. The van der Waals surface area contributed by atoms with Gasteiger partial charge in [0.05, 0.1) is 16.6 Å². The van der Waals surface area contributed by atoms with E-state index < -0.39 is 16.6 Å². The van der Waals surface area contributed by atoms with Crippen LogP contribution in [0, 0.1) is 5.82 Å². The van der Waals surface area contributed by atoms with Crippen molar-refractivity contribution in [2.24, 2.45) is 0 Å². The molecule has 0 aliphatic heterocycles. The highest BCUT2D eigenvalue weighted by molar-refractivity contribution is 7.84. The van der Waals surface area contributed by atoms with Crippen molar-refractivity contribution in [3.8, 4) is 5.75 Å². The van der Waals surface area contributed by atoms with Crippen LogP contribution < -0.4 is 0 Å². The molecular formula is C13H11FO2S. The van der Waals surface area contributed by atoms with Gasteiger partial charge >= 0.3 is 0 Å². The van der Waals surface area contributed by atoms with Gasteiger partial charge in [0.1, 0.15) is 11.6 Å². The van der Waals surface area contributed by atoms with Crippen molar-refractivity contribution in [2.75, 3.05) is 0 Å². The molecule has 0 fully saturated rings. The summed E-state index contributed by atoms with van der Waals surface area (Å²) >= 11 is 0. The van der Waals surface area contributed by atoms with E-state index in [9.17, 15) is 13.7 Å². The molecule has 0 saturated carbocycles. The van der Waals surface area contributed by atoms with E-state index in [0.29, 0.717) is 4.90 Å². The summed E-state index contributed by atoms with van der Waals surface area (Å²) in [4.78, 5) is 0.452. The molecule has 0 aromatic heterocycles. The number of benzene rings is 2. The summed E-state index contributed by atoms with van der Waals surface area (Å²) in [5.74, 6) is 0.00296. The summed E-state index contributed by atoms with van der Waals surface area (Å²) in [5.41, 5.74) is 0.757. The van der Waals surface area contributed by atoms with Crippen LogP contribution >= 0.6 is 0 Å². The van der Waals surface area contributed by atoms with Crippen LogP contribution in [0.25, 0.3) is 0 Å². The van der Waals surface area contributed by atoms with Gasteiger partial charge in [0.15, 0.2) is 0 Å². The summed E-state index contributed by atoms with van der Waals surface area (Å²) in [6.45, 7) is 0. The van der Waals surface area contributed by atoms with E-state index in [-0.39, 0.29) is 11.5 Å². The van der Waals surface area contributed by atoms with Crippen LogP contribution in [0.15, 0.2) is 53.4 Å². The summed E-state index contributed by atoms with van der Waals surface area (Å²) in [5, 5.41) is 9.28. The van der Waals surface area contributed by atoms with Crippen LogP contribution in [0.1, 0.15) is 5.56 Å². The molecule has 1 atom stereocenters. The molecule has 0 radical (unpaired) electrons. The van der Waals surface area contributed by atoms with Gasteiger partial charge in [-0.05, 0) is 35.9 Å². The monoisotopic (exact) mass is 250 g/mol. The molecular weight excluding hydrogens is 239 g/mol. The Kier molecular flexibility index (Phi) is 3.54. The maximum atomic E-state index is 13.0. The minimum absolute atomic E-state index is 0.138.